The molecule has 0 amide bonds. The van der Waals surface area contributed by atoms with E-state index in [4.69, 9.17) is 4.74 Å². The maximum absolute atomic E-state index is 5.20. The van der Waals surface area contributed by atoms with Crippen molar-refractivity contribution in [3.05, 3.63) is 29.8 Å². The van der Waals surface area contributed by atoms with Crippen LogP contribution in [0.4, 0.5) is 0 Å². The van der Waals surface area contributed by atoms with Crippen LogP contribution < -0.4 is 10.1 Å². The highest BCUT2D eigenvalue weighted by molar-refractivity contribution is 5.27. The molecule has 2 nitrogen and oxygen atoms in total. The van der Waals surface area contributed by atoms with Crippen LogP contribution in [0.3, 0.4) is 0 Å². The van der Waals surface area contributed by atoms with Crippen LogP contribution in [-0.2, 0) is 6.42 Å². The number of aryl methyl sites for hydroxylation is 1. The molecule has 0 saturated heterocycles. The first-order valence-corrected chi connectivity index (χ1v) is 8.67. The molecule has 0 radical (unpaired) electrons. The highest BCUT2D eigenvalue weighted by Crippen LogP contribution is 2.18. The van der Waals surface area contributed by atoms with Crippen LogP contribution in [0.1, 0.15) is 63.9 Å². The van der Waals surface area contributed by atoms with Gasteiger partial charge in [0.05, 0.1) is 7.11 Å². The van der Waals surface area contributed by atoms with Crippen molar-refractivity contribution in [3.8, 4) is 5.75 Å². The van der Waals surface area contributed by atoms with Crippen molar-refractivity contribution in [1.82, 2.24) is 5.32 Å². The van der Waals surface area contributed by atoms with E-state index in [9.17, 15) is 0 Å². The van der Waals surface area contributed by atoms with Gasteiger partial charge < -0.3 is 10.1 Å². The van der Waals surface area contributed by atoms with E-state index in [2.05, 4.69) is 36.5 Å². The van der Waals surface area contributed by atoms with Gasteiger partial charge in [-0.15, -0.1) is 0 Å². The van der Waals surface area contributed by atoms with Gasteiger partial charge in [0.15, 0.2) is 0 Å². The van der Waals surface area contributed by atoms with Crippen molar-refractivity contribution in [2.45, 2.75) is 76.8 Å². The second-order valence-corrected chi connectivity index (χ2v) is 6.50. The molecule has 0 spiro atoms. The third-order valence-electron chi connectivity index (χ3n) is 4.65. The summed E-state index contributed by atoms with van der Waals surface area (Å²) in [5, 5.41) is 3.85. The molecule has 1 fully saturated rings. The average Bonchev–Trinajstić information content (AvgIpc) is 2.48. The summed E-state index contributed by atoms with van der Waals surface area (Å²) in [6.07, 6.45) is 12.2. The summed E-state index contributed by atoms with van der Waals surface area (Å²) < 4.78 is 5.20. The van der Waals surface area contributed by atoms with Gasteiger partial charge in [-0.3, -0.25) is 0 Å². The Labute approximate surface area is 130 Å². The molecule has 118 valence electrons. The minimum absolute atomic E-state index is 0.608. The van der Waals surface area contributed by atoms with Gasteiger partial charge >= 0.3 is 0 Å². The maximum atomic E-state index is 5.20. The second-order valence-electron chi connectivity index (χ2n) is 6.50. The van der Waals surface area contributed by atoms with E-state index in [0.29, 0.717) is 6.04 Å². The lowest BCUT2D eigenvalue weighted by Crippen LogP contribution is -2.37. The third kappa shape index (κ3) is 6.09. The molecule has 0 aliphatic heterocycles. The van der Waals surface area contributed by atoms with Crippen LogP contribution >= 0.6 is 0 Å². The van der Waals surface area contributed by atoms with E-state index in [1.807, 2.05) is 0 Å². The Kier molecular flexibility index (Phi) is 7.08. The minimum atomic E-state index is 0.608. The molecule has 0 heterocycles. The van der Waals surface area contributed by atoms with Crippen LogP contribution in [0.15, 0.2) is 24.3 Å². The molecule has 1 N–H and O–H groups in total. The highest BCUT2D eigenvalue weighted by atomic mass is 16.5. The number of ether oxygens (including phenoxy) is 1. The molecule has 2 heteroatoms. The fraction of sp³-hybridized carbons (Fsp3) is 0.684. The van der Waals surface area contributed by atoms with Crippen LogP contribution in [0.25, 0.3) is 0 Å². The van der Waals surface area contributed by atoms with E-state index in [1.54, 1.807) is 7.11 Å². The molecule has 1 aromatic carbocycles. The standard InChI is InChI=1S/C19H31NO/c1-16(20-18-8-6-4-3-5-7-9-18)10-11-17-12-14-19(21-2)15-13-17/h12-16,18,20H,3-11H2,1-2H3/t16-/m0/s1. The van der Waals surface area contributed by atoms with Gasteiger partial charge in [-0.1, -0.05) is 44.2 Å². The number of rotatable bonds is 6. The number of benzene rings is 1. The topological polar surface area (TPSA) is 21.3 Å². The van der Waals surface area contributed by atoms with E-state index < -0.39 is 0 Å². The molecule has 1 aliphatic rings. The Balaban J connectivity index is 1.71. The fourth-order valence-corrected chi connectivity index (χ4v) is 3.28. The van der Waals surface area contributed by atoms with Gasteiger partial charge in [0, 0.05) is 12.1 Å². The van der Waals surface area contributed by atoms with Crippen molar-refractivity contribution in [3.63, 3.8) is 0 Å². The lowest BCUT2D eigenvalue weighted by Gasteiger charge is -2.25. The Morgan fingerprint density at radius 2 is 1.67 bits per heavy atom. The molecule has 0 unspecified atom stereocenters. The zero-order chi connectivity index (χ0) is 14.9. The first kappa shape index (κ1) is 16.4. The van der Waals surface area contributed by atoms with Crippen LogP contribution in [0, 0.1) is 0 Å². The molecule has 2 rings (SSSR count). The zero-order valence-electron chi connectivity index (χ0n) is 13.7. The lowest BCUT2D eigenvalue weighted by molar-refractivity contribution is 0.351. The Morgan fingerprint density at radius 3 is 2.29 bits per heavy atom. The summed E-state index contributed by atoms with van der Waals surface area (Å²) in [5.74, 6) is 0.944. The number of hydrogen-bond donors (Lipinski definition) is 1. The zero-order valence-corrected chi connectivity index (χ0v) is 13.7. The highest BCUT2D eigenvalue weighted by Gasteiger charge is 2.13. The Bertz CT molecular complexity index is 379. The number of methoxy groups -OCH3 is 1. The largest absolute Gasteiger partial charge is 0.497 e. The van der Waals surface area contributed by atoms with Crippen LogP contribution in [0.5, 0.6) is 5.75 Å². The molecular formula is C19H31NO. The molecule has 1 atom stereocenters. The predicted molar refractivity (Wildman–Crippen MR) is 90.0 cm³/mol. The smallest absolute Gasteiger partial charge is 0.118 e. The van der Waals surface area contributed by atoms with Crippen molar-refractivity contribution in [1.29, 1.82) is 0 Å². The summed E-state index contributed by atoms with van der Waals surface area (Å²) in [4.78, 5) is 0. The van der Waals surface area contributed by atoms with Crippen molar-refractivity contribution in [2.24, 2.45) is 0 Å². The molecule has 21 heavy (non-hydrogen) atoms. The Morgan fingerprint density at radius 1 is 1.05 bits per heavy atom. The molecule has 0 aromatic heterocycles. The van der Waals surface area contributed by atoms with Crippen molar-refractivity contribution >= 4 is 0 Å². The number of nitrogens with one attached hydrogen (secondary N) is 1. The summed E-state index contributed by atoms with van der Waals surface area (Å²) in [6.45, 7) is 2.34. The van der Waals surface area contributed by atoms with Gasteiger partial charge in [0.1, 0.15) is 5.75 Å². The summed E-state index contributed by atoms with van der Waals surface area (Å²) in [6, 6.07) is 9.83. The van der Waals surface area contributed by atoms with Gasteiger partial charge in [-0.25, -0.2) is 0 Å². The van der Waals surface area contributed by atoms with Crippen LogP contribution in [0.2, 0.25) is 0 Å². The molecule has 1 saturated carbocycles. The SMILES string of the molecule is COc1ccc(CC[C@H](C)NC2CCCCCCC2)cc1. The Hall–Kier alpha value is -1.02. The monoisotopic (exact) mass is 289 g/mol. The summed E-state index contributed by atoms with van der Waals surface area (Å²) in [5.41, 5.74) is 1.40. The van der Waals surface area contributed by atoms with Gasteiger partial charge in [0.25, 0.3) is 0 Å². The van der Waals surface area contributed by atoms with E-state index in [-0.39, 0.29) is 0 Å². The molecule has 1 aliphatic carbocycles. The normalized spacial score (nSPS) is 18.8. The molecular weight excluding hydrogens is 258 g/mol. The van der Waals surface area contributed by atoms with Gasteiger partial charge in [0.2, 0.25) is 0 Å². The van der Waals surface area contributed by atoms with Crippen molar-refractivity contribution in [2.75, 3.05) is 7.11 Å². The summed E-state index contributed by atoms with van der Waals surface area (Å²) in [7, 11) is 1.72. The molecule has 0 bridgehead atoms. The number of hydrogen-bond acceptors (Lipinski definition) is 2. The fourth-order valence-electron chi connectivity index (χ4n) is 3.28. The minimum Gasteiger partial charge on any atom is -0.497 e. The van der Waals surface area contributed by atoms with Crippen LogP contribution in [-0.4, -0.2) is 19.2 Å². The van der Waals surface area contributed by atoms with Gasteiger partial charge in [-0.05, 0) is 50.3 Å². The lowest BCUT2D eigenvalue weighted by atomic mass is 9.95. The van der Waals surface area contributed by atoms with E-state index in [1.165, 1.54) is 56.9 Å². The van der Waals surface area contributed by atoms with Crippen molar-refractivity contribution < 1.29 is 4.74 Å². The third-order valence-corrected chi connectivity index (χ3v) is 4.65. The first-order valence-electron chi connectivity index (χ1n) is 8.67. The van der Waals surface area contributed by atoms with E-state index in [0.717, 1.165) is 18.2 Å². The first-order chi connectivity index (χ1) is 10.3. The molecule has 1 aromatic rings. The maximum Gasteiger partial charge on any atom is 0.118 e. The quantitative estimate of drug-likeness (QED) is 0.818. The second kappa shape index (κ2) is 9.09. The van der Waals surface area contributed by atoms with E-state index >= 15 is 0 Å². The summed E-state index contributed by atoms with van der Waals surface area (Å²) >= 11 is 0. The average molecular weight is 289 g/mol. The van der Waals surface area contributed by atoms with Gasteiger partial charge in [-0.2, -0.15) is 0 Å². The predicted octanol–water partition coefficient (Wildman–Crippen LogP) is 4.72.